The lowest BCUT2D eigenvalue weighted by Gasteiger charge is -2.24. The quantitative estimate of drug-likeness (QED) is 0.877. The van der Waals surface area contributed by atoms with Gasteiger partial charge in [0, 0.05) is 56.6 Å². The maximum atomic E-state index is 5.64. The van der Waals surface area contributed by atoms with Gasteiger partial charge in [0.25, 0.3) is 0 Å². The largest absolute Gasteiger partial charge is 0.497 e. The molecule has 1 aliphatic rings. The topological polar surface area (TPSA) is 51.0 Å². The molecule has 0 spiro atoms. The number of anilines is 1. The molecule has 1 heterocycles. The van der Waals surface area contributed by atoms with Crippen molar-refractivity contribution in [1.29, 1.82) is 0 Å². The molecule has 20 heavy (non-hydrogen) atoms. The van der Waals surface area contributed by atoms with E-state index in [0.717, 1.165) is 62.9 Å². The lowest BCUT2D eigenvalue weighted by molar-refractivity contribution is 0.302. The number of rotatable bonds is 5. The summed E-state index contributed by atoms with van der Waals surface area (Å²) >= 11 is 0. The highest BCUT2D eigenvalue weighted by atomic mass is 16.5. The van der Waals surface area contributed by atoms with Crippen molar-refractivity contribution in [1.82, 2.24) is 4.90 Å². The fourth-order valence-electron chi connectivity index (χ4n) is 2.61. The minimum absolute atomic E-state index is 0.729. The average molecular weight is 279 g/mol. The molecule has 1 aliphatic heterocycles. The normalized spacial score (nSPS) is 16.9. The van der Waals surface area contributed by atoms with Crippen molar-refractivity contribution in [3.05, 3.63) is 18.2 Å². The monoisotopic (exact) mass is 279 g/mol. The predicted octanol–water partition coefficient (Wildman–Crippen LogP) is 1.17. The van der Waals surface area contributed by atoms with Crippen LogP contribution >= 0.6 is 0 Å². The van der Waals surface area contributed by atoms with Crippen LogP contribution in [-0.4, -0.2) is 58.4 Å². The Kier molecular flexibility index (Phi) is 5.49. The molecule has 112 valence electrons. The van der Waals surface area contributed by atoms with Crippen molar-refractivity contribution >= 4 is 5.69 Å². The van der Waals surface area contributed by atoms with Crippen LogP contribution in [0.5, 0.6) is 11.5 Å². The first-order valence-electron chi connectivity index (χ1n) is 7.17. The SMILES string of the molecule is COc1cc(OC)cc(N2CCCN(CCN)CC2)c1. The fraction of sp³-hybridized carbons (Fsp3) is 0.600. The second-order valence-corrected chi connectivity index (χ2v) is 5.04. The van der Waals surface area contributed by atoms with Crippen LogP contribution in [0.4, 0.5) is 5.69 Å². The van der Waals surface area contributed by atoms with Gasteiger partial charge in [0.1, 0.15) is 11.5 Å². The van der Waals surface area contributed by atoms with E-state index in [1.54, 1.807) is 14.2 Å². The van der Waals surface area contributed by atoms with Gasteiger partial charge >= 0.3 is 0 Å². The molecule has 0 unspecified atom stereocenters. The lowest BCUT2D eigenvalue weighted by Crippen LogP contribution is -2.33. The molecule has 5 heteroatoms. The first kappa shape index (κ1) is 14.9. The number of ether oxygens (including phenoxy) is 2. The van der Waals surface area contributed by atoms with E-state index in [1.807, 2.05) is 6.07 Å². The average Bonchev–Trinajstić information content (AvgIpc) is 2.73. The number of methoxy groups -OCH3 is 2. The van der Waals surface area contributed by atoms with Gasteiger partial charge in [-0.1, -0.05) is 0 Å². The molecule has 5 nitrogen and oxygen atoms in total. The van der Waals surface area contributed by atoms with Crippen molar-refractivity contribution in [2.24, 2.45) is 5.73 Å². The Balaban J connectivity index is 2.10. The highest BCUT2D eigenvalue weighted by Crippen LogP contribution is 2.28. The number of nitrogens with zero attached hydrogens (tertiary/aromatic N) is 2. The Morgan fingerprint density at radius 1 is 1.00 bits per heavy atom. The van der Waals surface area contributed by atoms with E-state index < -0.39 is 0 Å². The summed E-state index contributed by atoms with van der Waals surface area (Å²) in [6.45, 7) is 5.95. The second-order valence-electron chi connectivity index (χ2n) is 5.04. The lowest BCUT2D eigenvalue weighted by atomic mass is 10.2. The zero-order valence-electron chi connectivity index (χ0n) is 12.5. The molecule has 0 bridgehead atoms. The maximum Gasteiger partial charge on any atom is 0.124 e. The molecule has 2 rings (SSSR count). The number of hydrogen-bond donors (Lipinski definition) is 1. The molecule has 1 saturated heterocycles. The van der Waals surface area contributed by atoms with Gasteiger partial charge < -0.3 is 25.0 Å². The number of nitrogens with two attached hydrogens (primary N) is 1. The first-order chi connectivity index (χ1) is 9.76. The number of benzene rings is 1. The van der Waals surface area contributed by atoms with E-state index in [1.165, 1.54) is 0 Å². The summed E-state index contributed by atoms with van der Waals surface area (Å²) in [6, 6.07) is 6.05. The Morgan fingerprint density at radius 3 is 2.30 bits per heavy atom. The van der Waals surface area contributed by atoms with Gasteiger partial charge in [0.2, 0.25) is 0 Å². The van der Waals surface area contributed by atoms with Crippen molar-refractivity contribution in [3.63, 3.8) is 0 Å². The molecule has 1 aromatic carbocycles. The van der Waals surface area contributed by atoms with Gasteiger partial charge in [-0.2, -0.15) is 0 Å². The predicted molar refractivity (Wildman–Crippen MR) is 81.9 cm³/mol. The van der Waals surface area contributed by atoms with E-state index in [9.17, 15) is 0 Å². The third kappa shape index (κ3) is 3.77. The summed E-state index contributed by atoms with van der Waals surface area (Å²) in [7, 11) is 3.37. The van der Waals surface area contributed by atoms with Crippen LogP contribution < -0.4 is 20.1 Å². The van der Waals surface area contributed by atoms with Gasteiger partial charge in [0.15, 0.2) is 0 Å². The van der Waals surface area contributed by atoms with E-state index in [0.29, 0.717) is 0 Å². The zero-order valence-corrected chi connectivity index (χ0v) is 12.5. The minimum atomic E-state index is 0.729. The fourth-order valence-corrected chi connectivity index (χ4v) is 2.61. The van der Waals surface area contributed by atoms with Gasteiger partial charge in [-0.05, 0) is 13.0 Å². The van der Waals surface area contributed by atoms with Crippen LogP contribution in [-0.2, 0) is 0 Å². The van der Waals surface area contributed by atoms with Crippen molar-refractivity contribution in [3.8, 4) is 11.5 Å². The molecule has 0 amide bonds. The molecule has 0 aromatic heterocycles. The summed E-state index contributed by atoms with van der Waals surface area (Å²) in [5, 5.41) is 0. The van der Waals surface area contributed by atoms with E-state index in [2.05, 4.69) is 21.9 Å². The van der Waals surface area contributed by atoms with E-state index in [-0.39, 0.29) is 0 Å². The minimum Gasteiger partial charge on any atom is -0.497 e. The summed E-state index contributed by atoms with van der Waals surface area (Å²) < 4.78 is 10.7. The van der Waals surface area contributed by atoms with Crippen LogP contribution in [0, 0.1) is 0 Å². The number of hydrogen-bond acceptors (Lipinski definition) is 5. The molecular formula is C15H25N3O2. The van der Waals surface area contributed by atoms with E-state index >= 15 is 0 Å². The highest BCUT2D eigenvalue weighted by molar-refractivity contribution is 5.55. The Bertz CT molecular complexity index is 403. The Hall–Kier alpha value is -1.46. The molecule has 2 N–H and O–H groups in total. The molecule has 1 fully saturated rings. The maximum absolute atomic E-state index is 5.64. The first-order valence-corrected chi connectivity index (χ1v) is 7.17. The Labute approximate surface area is 121 Å². The Morgan fingerprint density at radius 2 is 1.70 bits per heavy atom. The van der Waals surface area contributed by atoms with Crippen LogP contribution in [0.2, 0.25) is 0 Å². The smallest absolute Gasteiger partial charge is 0.124 e. The molecule has 1 aromatic rings. The second kappa shape index (κ2) is 7.36. The van der Waals surface area contributed by atoms with Gasteiger partial charge in [-0.15, -0.1) is 0 Å². The van der Waals surface area contributed by atoms with Crippen molar-refractivity contribution in [2.75, 3.05) is 58.4 Å². The molecule has 0 radical (unpaired) electrons. The van der Waals surface area contributed by atoms with Crippen LogP contribution in [0.1, 0.15) is 6.42 Å². The van der Waals surface area contributed by atoms with Crippen LogP contribution in [0.3, 0.4) is 0 Å². The summed E-state index contributed by atoms with van der Waals surface area (Å²) in [6.07, 6.45) is 1.15. The highest BCUT2D eigenvalue weighted by Gasteiger charge is 2.16. The summed E-state index contributed by atoms with van der Waals surface area (Å²) in [5.74, 6) is 1.67. The third-order valence-corrected chi connectivity index (χ3v) is 3.74. The third-order valence-electron chi connectivity index (χ3n) is 3.74. The van der Waals surface area contributed by atoms with Gasteiger partial charge in [0.05, 0.1) is 14.2 Å². The van der Waals surface area contributed by atoms with Gasteiger partial charge in [-0.3, -0.25) is 0 Å². The van der Waals surface area contributed by atoms with Gasteiger partial charge in [-0.25, -0.2) is 0 Å². The summed E-state index contributed by atoms with van der Waals surface area (Å²) in [5.41, 5.74) is 6.81. The zero-order chi connectivity index (χ0) is 14.4. The van der Waals surface area contributed by atoms with Crippen molar-refractivity contribution < 1.29 is 9.47 Å². The van der Waals surface area contributed by atoms with Crippen LogP contribution in [0.25, 0.3) is 0 Å². The van der Waals surface area contributed by atoms with Crippen molar-refractivity contribution in [2.45, 2.75) is 6.42 Å². The van der Waals surface area contributed by atoms with Crippen LogP contribution in [0.15, 0.2) is 18.2 Å². The molecule has 0 saturated carbocycles. The summed E-state index contributed by atoms with van der Waals surface area (Å²) in [4.78, 5) is 4.82. The molecule has 0 aliphatic carbocycles. The van der Waals surface area contributed by atoms with E-state index in [4.69, 9.17) is 15.2 Å². The molecule has 0 atom stereocenters. The standard InChI is InChI=1S/C15H25N3O2/c1-19-14-10-13(11-15(12-14)20-2)18-6-3-5-17(7-4-16)8-9-18/h10-12H,3-9,16H2,1-2H3. The molecular weight excluding hydrogens is 254 g/mol.